The highest BCUT2D eigenvalue weighted by Crippen LogP contribution is 2.30. The molecule has 2 rings (SSSR count). The van der Waals surface area contributed by atoms with Crippen LogP contribution in [0.25, 0.3) is 0 Å². The van der Waals surface area contributed by atoms with E-state index in [9.17, 15) is 10.1 Å². The van der Waals surface area contributed by atoms with E-state index in [1.165, 1.54) is 31.0 Å². The molecule has 7 heteroatoms. The van der Waals surface area contributed by atoms with Gasteiger partial charge in [0.1, 0.15) is 0 Å². The van der Waals surface area contributed by atoms with Gasteiger partial charge in [-0.25, -0.2) is 0 Å². The van der Waals surface area contributed by atoms with E-state index in [1.54, 1.807) is 0 Å². The van der Waals surface area contributed by atoms with Crippen molar-refractivity contribution in [3.8, 4) is 0 Å². The summed E-state index contributed by atoms with van der Waals surface area (Å²) in [6, 6.07) is 4.58. The summed E-state index contributed by atoms with van der Waals surface area (Å²) in [5.41, 5.74) is 0.430. The quantitative estimate of drug-likeness (QED) is 0.485. The van der Waals surface area contributed by atoms with Crippen LogP contribution >= 0.6 is 23.8 Å². The van der Waals surface area contributed by atoms with Gasteiger partial charge >= 0.3 is 0 Å². The van der Waals surface area contributed by atoms with Gasteiger partial charge < -0.3 is 10.6 Å². The summed E-state index contributed by atoms with van der Waals surface area (Å²) in [4.78, 5) is 10.4. The van der Waals surface area contributed by atoms with Gasteiger partial charge in [0, 0.05) is 18.2 Å². The molecule has 0 unspecified atom stereocenters. The second-order valence-corrected chi connectivity index (χ2v) is 6.71. The van der Waals surface area contributed by atoms with Crippen LogP contribution in [0.4, 0.5) is 11.4 Å². The molecule has 1 aliphatic rings. The van der Waals surface area contributed by atoms with Crippen molar-refractivity contribution < 1.29 is 4.92 Å². The second kappa shape index (κ2) is 7.24. The first kappa shape index (κ1) is 17.0. The summed E-state index contributed by atoms with van der Waals surface area (Å²) in [7, 11) is 0. The minimum Gasteiger partial charge on any atom is -0.359 e. The SMILES string of the molecule is C[C@@H]1[C@@H](C)CCC[C@H]1NC(=S)Nc1cc([N+](=O)[O-])ccc1Cl. The van der Waals surface area contributed by atoms with Crippen LogP contribution in [0.15, 0.2) is 18.2 Å². The van der Waals surface area contributed by atoms with E-state index < -0.39 is 4.92 Å². The van der Waals surface area contributed by atoms with E-state index in [-0.39, 0.29) is 5.69 Å². The molecule has 0 amide bonds. The van der Waals surface area contributed by atoms with Crippen molar-refractivity contribution >= 4 is 40.3 Å². The number of benzene rings is 1. The number of nitrogens with one attached hydrogen (secondary N) is 2. The number of thiocarbonyl (C=S) groups is 1. The van der Waals surface area contributed by atoms with Crippen LogP contribution in [0.2, 0.25) is 5.02 Å². The Morgan fingerprint density at radius 3 is 2.82 bits per heavy atom. The largest absolute Gasteiger partial charge is 0.359 e. The third kappa shape index (κ3) is 4.08. The van der Waals surface area contributed by atoms with Gasteiger partial charge in [0.15, 0.2) is 5.11 Å². The highest BCUT2D eigenvalue weighted by atomic mass is 35.5. The monoisotopic (exact) mass is 341 g/mol. The fourth-order valence-electron chi connectivity index (χ4n) is 2.84. The summed E-state index contributed by atoms with van der Waals surface area (Å²) in [5, 5.41) is 18.0. The van der Waals surface area contributed by atoms with Crippen molar-refractivity contribution in [2.24, 2.45) is 11.8 Å². The molecular formula is C15H20ClN3O2S. The van der Waals surface area contributed by atoms with Gasteiger partial charge in [0.05, 0.1) is 15.6 Å². The molecule has 22 heavy (non-hydrogen) atoms. The van der Waals surface area contributed by atoms with Crippen molar-refractivity contribution in [2.75, 3.05) is 5.32 Å². The van der Waals surface area contributed by atoms with Crippen LogP contribution in [0.3, 0.4) is 0 Å². The number of halogens is 1. The summed E-state index contributed by atoms with van der Waals surface area (Å²) in [5.74, 6) is 1.20. The van der Waals surface area contributed by atoms with Crippen LogP contribution in [0.1, 0.15) is 33.1 Å². The number of hydrogen-bond acceptors (Lipinski definition) is 3. The number of nitro groups is 1. The van der Waals surface area contributed by atoms with Crippen LogP contribution in [0.5, 0.6) is 0 Å². The summed E-state index contributed by atoms with van der Waals surface area (Å²) < 4.78 is 0. The fourth-order valence-corrected chi connectivity index (χ4v) is 3.26. The van der Waals surface area contributed by atoms with Gasteiger partial charge in [-0.3, -0.25) is 10.1 Å². The maximum absolute atomic E-state index is 10.8. The number of nitro benzene ring substituents is 1. The molecule has 120 valence electrons. The van der Waals surface area contributed by atoms with Gasteiger partial charge in [-0.15, -0.1) is 0 Å². The number of nitrogens with zero attached hydrogens (tertiary/aromatic N) is 1. The number of hydrogen-bond donors (Lipinski definition) is 2. The van der Waals surface area contributed by atoms with Gasteiger partial charge in [0.2, 0.25) is 0 Å². The molecule has 0 aliphatic heterocycles. The van der Waals surface area contributed by atoms with Crippen molar-refractivity contribution in [2.45, 2.75) is 39.2 Å². The molecule has 1 saturated carbocycles. The molecule has 3 atom stereocenters. The maximum Gasteiger partial charge on any atom is 0.271 e. The zero-order valence-corrected chi connectivity index (χ0v) is 14.2. The van der Waals surface area contributed by atoms with Gasteiger partial charge in [-0.1, -0.05) is 38.3 Å². The second-order valence-electron chi connectivity index (χ2n) is 5.89. The lowest BCUT2D eigenvalue weighted by atomic mass is 9.78. The zero-order chi connectivity index (χ0) is 16.3. The molecule has 0 saturated heterocycles. The van der Waals surface area contributed by atoms with Crippen LogP contribution in [0, 0.1) is 22.0 Å². The average molecular weight is 342 g/mol. The van der Waals surface area contributed by atoms with Crippen molar-refractivity contribution in [1.82, 2.24) is 5.32 Å². The molecule has 1 fully saturated rings. The van der Waals surface area contributed by atoms with E-state index in [0.29, 0.717) is 33.7 Å². The molecule has 0 bridgehead atoms. The third-order valence-corrected chi connectivity index (χ3v) is 4.98. The molecule has 1 aromatic carbocycles. The van der Waals surface area contributed by atoms with Gasteiger partial charge in [0.25, 0.3) is 5.69 Å². The Balaban J connectivity index is 2.03. The summed E-state index contributed by atoms with van der Waals surface area (Å²) in [6.07, 6.45) is 3.51. The van der Waals surface area contributed by atoms with E-state index in [2.05, 4.69) is 24.5 Å². The molecule has 1 aliphatic carbocycles. The summed E-state index contributed by atoms with van der Waals surface area (Å²) in [6.45, 7) is 4.48. The normalized spacial score (nSPS) is 24.6. The minimum absolute atomic E-state index is 0.0191. The standard InChI is InChI=1S/C15H20ClN3O2S/c1-9-4-3-5-13(10(9)2)17-15(22)18-14-8-11(19(20)21)6-7-12(14)16/h6-10,13H,3-5H2,1-2H3,(H2,17,18,22)/t9-,10+,13+/m0/s1. The Morgan fingerprint density at radius 1 is 1.41 bits per heavy atom. The molecular weight excluding hydrogens is 322 g/mol. The lowest BCUT2D eigenvalue weighted by molar-refractivity contribution is -0.384. The summed E-state index contributed by atoms with van der Waals surface area (Å²) >= 11 is 11.4. The first-order valence-corrected chi connectivity index (χ1v) is 8.18. The highest BCUT2D eigenvalue weighted by Gasteiger charge is 2.27. The molecule has 0 spiro atoms. The highest BCUT2D eigenvalue weighted by molar-refractivity contribution is 7.80. The van der Waals surface area contributed by atoms with Crippen LogP contribution < -0.4 is 10.6 Å². The number of rotatable bonds is 3. The average Bonchev–Trinajstić information content (AvgIpc) is 2.46. The Kier molecular flexibility index (Phi) is 5.58. The van der Waals surface area contributed by atoms with Gasteiger partial charge in [-0.05, 0) is 36.5 Å². The van der Waals surface area contributed by atoms with E-state index in [4.69, 9.17) is 23.8 Å². The van der Waals surface area contributed by atoms with Crippen molar-refractivity contribution in [3.63, 3.8) is 0 Å². The van der Waals surface area contributed by atoms with Crippen molar-refractivity contribution in [3.05, 3.63) is 33.3 Å². The Morgan fingerprint density at radius 2 is 2.14 bits per heavy atom. The predicted octanol–water partition coefficient (Wildman–Crippen LogP) is 4.36. The first-order valence-electron chi connectivity index (χ1n) is 7.40. The van der Waals surface area contributed by atoms with E-state index in [0.717, 1.165) is 6.42 Å². The van der Waals surface area contributed by atoms with Gasteiger partial charge in [-0.2, -0.15) is 0 Å². The molecule has 2 N–H and O–H groups in total. The third-order valence-electron chi connectivity index (χ3n) is 4.43. The molecule has 0 aromatic heterocycles. The Labute approximate surface area is 140 Å². The number of anilines is 1. The van der Waals surface area contributed by atoms with E-state index >= 15 is 0 Å². The Bertz CT molecular complexity index is 582. The Hall–Kier alpha value is -1.40. The van der Waals surface area contributed by atoms with Crippen molar-refractivity contribution in [1.29, 1.82) is 0 Å². The van der Waals surface area contributed by atoms with E-state index in [1.807, 2.05) is 0 Å². The molecule has 0 radical (unpaired) electrons. The number of non-ortho nitro benzene ring substituents is 1. The lowest BCUT2D eigenvalue weighted by Crippen LogP contribution is -2.45. The first-order chi connectivity index (χ1) is 10.4. The topological polar surface area (TPSA) is 67.2 Å². The predicted molar refractivity (Wildman–Crippen MR) is 93.4 cm³/mol. The maximum atomic E-state index is 10.8. The smallest absolute Gasteiger partial charge is 0.271 e. The van der Waals surface area contributed by atoms with Crippen LogP contribution in [-0.4, -0.2) is 16.1 Å². The molecule has 0 heterocycles. The molecule has 5 nitrogen and oxygen atoms in total. The molecule has 1 aromatic rings. The fraction of sp³-hybridized carbons (Fsp3) is 0.533. The van der Waals surface area contributed by atoms with Crippen LogP contribution in [-0.2, 0) is 0 Å². The zero-order valence-electron chi connectivity index (χ0n) is 12.6. The lowest BCUT2D eigenvalue weighted by Gasteiger charge is -2.35. The minimum atomic E-state index is -0.455.